The Labute approximate surface area is 67.6 Å². The van der Waals surface area contributed by atoms with Crippen LogP contribution in [-0.4, -0.2) is 17.0 Å². The summed E-state index contributed by atoms with van der Waals surface area (Å²) in [5, 5.41) is 9.42. The molecule has 0 aromatic heterocycles. The lowest BCUT2D eigenvalue weighted by Gasteiger charge is -2.34. The van der Waals surface area contributed by atoms with E-state index in [9.17, 15) is 9.90 Å². The molecule has 0 aromatic carbocycles. The highest BCUT2D eigenvalue weighted by Crippen LogP contribution is 2.31. The fraction of sp³-hybridized carbons (Fsp3) is 0.889. The Morgan fingerprint density at radius 1 is 1.27 bits per heavy atom. The average molecular weight is 156 g/mol. The molecule has 1 N–H and O–H groups in total. The van der Waals surface area contributed by atoms with Crippen molar-refractivity contribution in [2.75, 3.05) is 0 Å². The highest BCUT2D eigenvalue weighted by Gasteiger charge is 2.35. The standard InChI is InChI=1S/C9H16O2/c1-5-6(2)8(10)4-9(11)7(5)3/h5-8,10H,4H2,1-3H3. The first-order valence-electron chi connectivity index (χ1n) is 4.24. The molecular weight excluding hydrogens is 140 g/mol. The molecule has 0 aliphatic heterocycles. The van der Waals surface area contributed by atoms with Crippen LogP contribution in [0.2, 0.25) is 0 Å². The van der Waals surface area contributed by atoms with E-state index in [0.29, 0.717) is 12.3 Å². The van der Waals surface area contributed by atoms with Crippen molar-refractivity contribution in [3.63, 3.8) is 0 Å². The van der Waals surface area contributed by atoms with Crippen LogP contribution < -0.4 is 0 Å². The van der Waals surface area contributed by atoms with E-state index in [2.05, 4.69) is 0 Å². The molecule has 1 aliphatic carbocycles. The smallest absolute Gasteiger partial charge is 0.138 e. The predicted octanol–water partition coefficient (Wildman–Crippen LogP) is 1.23. The highest BCUT2D eigenvalue weighted by atomic mass is 16.3. The summed E-state index contributed by atoms with van der Waals surface area (Å²) in [5.74, 6) is 0.936. The van der Waals surface area contributed by atoms with Gasteiger partial charge in [-0.1, -0.05) is 20.8 Å². The molecule has 0 aromatic rings. The van der Waals surface area contributed by atoms with E-state index in [1.807, 2.05) is 20.8 Å². The molecule has 1 saturated carbocycles. The van der Waals surface area contributed by atoms with Crippen LogP contribution in [0, 0.1) is 17.8 Å². The number of hydrogen-bond acceptors (Lipinski definition) is 2. The summed E-state index contributed by atoms with van der Waals surface area (Å²) in [6.07, 6.45) is -0.0548. The molecule has 1 rings (SSSR count). The molecular formula is C9H16O2. The third-order valence-electron chi connectivity index (χ3n) is 3.14. The second-order valence-electron chi connectivity index (χ2n) is 3.74. The van der Waals surface area contributed by atoms with Crippen molar-refractivity contribution in [3.8, 4) is 0 Å². The summed E-state index contributed by atoms with van der Waals surface area (Å²) in [4.78, 5) is 11.2. The Kier molecular flexibility index (Phi) is 2.33. The lowest BCUT2D eigenvalue weighted by molar-refractivity contribution is -0.132. The zero-order valence-electron chi connectivity index (χ0n) is 7.37. The maximum absolute atomic E-state index is 11.2. The molecule has 4 unspecified atom stereocenters. The van der Waals surface area contributed by atoms with Crippen molar-refractivity contribution >= 4 is 5.78 Å². The van der Waals surface area contributed by atoms with Crippen molar-refractivity contribution in [1.82, 2.24) is 0 Å². The second-order valence-corrected chi connectivity index (χ2v) is 3.74. The summed E-state index contributed by atoms with van der Waals surface area (Å²) in [6, 6.07) is 0. The average Bonchev–Trinajstić information content (AvgIpc) is 1.97. The minimum absolute atomic E-state index is 0.133. The van der Waals surface area contributed by atoms with Crippen LogP contribution in [0.5, 0.6) is 0 Å². The van der Waals surface area contributed by atoms with Gasteiger partial charge in [0.25, 0.3) is 0 Å². The topological polar surface area (TPSA) is 37.3 Å². The molecule has 0 saturated heterocycles. The van der Waals surface area contributed by atoms with Crippen molar-refractivity contribution in [2.45, 2.75) is 33.3 Å². The zero-order chi connectivity index (χ0) is 8.59. The Morgan fingerprint density at radius 2 is 1.82 bits per heavy atom. The summed E-state index contributed by atoms with van der Waals surface area (Å²) in [6.45, 7) is 6.00. The second kappa shape index (κ2) is 2.94. The third kappa shape index (κ3) is 1.45. The Bertz CT molecular complexity index is 165. The van der Waals surface area contributed by atoms with Gasteiger partial charge >= 0.3 is 0 Å². The van der Waals surface area contributed by atoms with Gasteiger partial charge in [0.15, 0.2) is 0 Å². The molecule has 1 fully saturated rings. The van der Waals surface area contributed by atoms with Crippen LogP contribution in [0.25, 0.3) is 0 Å². The first-order valence-corrected chi connectivity index (χ1v) is 4.24. The van der Waals surface area contributed by atoms with Gasteiger partial charge in [0.2, 0.25) is 0 Å². The largest absolute Gasteiger partial charge is 0.392 e. The molecule has 4 atom stereocenters. The summed E-state index contributed by atoms with van der Waals surface area (Å²) >= 11 is 0. The van der Waals surface area contributed by atoms with Crippen molar-refractivity contribution in [1.29, 1.82) is 0 Å². The van der Waals surface area contributed by atoms with E-state index >= 15 is 0 Å². The molecule has 0 amide bonds. The van der Waals surface area contributed by atoms with E-state index in [1.165, 1.54) is 0 Å². The van der Waals surface area contributed by atoms with Gasteiger partial charge < -0.3 is 5.11 Å². The maximum atomic E-state index is 11.2. The Morgan fingerprint density at radius 3 is 2.36 bits per heavy atom. The van der Waals surface area contributed by atoms with Crippen LogP contribution in [-0.2, 0) is 4.79 Å². The zero-order valence-corrected chi connectivity index (χ0v) is 7.37. The van der Waals surface area contributed by atoms with Crippen LogP contribution in [0.3, 0.4) is 0 Å². The maximum Gasteiger partial charge on any atom is 0.138 e. The Balaban J connectivity index is 2.70. The minimum Gasteiger partial charge on any atom is -0.392 e. The minimum atomic E-state index is -0.409. The summed E-state index contributed by atoms with van der Waals surface area (Å²) in [5.41, 5.74) is 0. The van der Waals surface area contributed by atoms with Gasteiger partial charge in [-0.25, -0.2) is 0 Å². The van der Waals surface area contributed by atoms with Gasteiger partial charge in [-0.15, -0.1) is 0 Å². The fourth-order valence-electron chi connectivity index (χ4n) is 1.68. The highest BCUT2D eigenvalue weighted by molar-refractivity contribution is 5.82. The predicted molar refractivity (Wildman–Crippen MR) is 43.1 cm³/mol. The number of rotatable bonds is 0. The van der Waals surface area contributed by atoms with E-state index in [4.69, 9.17) is 0 Å². The van der Waals surface area contributed by atoms with E-state index in [0.717, 1.165) is 0 Å². The quantitative estimate of drug-likeness (QED) is 0.572. The van der Waals surface area contributed by atoms with E-state index < -0.39 is 6.10 Å². The molecule has 0 bridgehead atoms. The van der Waals surface area contributed by atoms with Gasteiger partial charge in [-0.05, 0) is 11.8 Å². The van der Waals surface area contributed by atoms with Gasteiger partial charge in [-0.3, -0.25) is 4.79 Å². The van der Waals surface area contributed by atoms with Crippen LogP contribution in [0.4, 0.5) is 0 Å². The fourth-order valence-corrected chi connectivity index (χ4v) is 1.68. The first-order chi connectivity index (χ1) is 5.04. The summed E-state index contributed by atoms with van der Waals surface area (Å²) in [7, 11) is 0. The van der Waals surface area contributed by atoms with Crippen molar-refractivity contribution in [2.24, 2.45) is 17.8 Å². The lowest BCUT2D eigenvalue weighted by Crippen LogP contribution is -2.39. The molecule has 0 heterocycles. The number of carbonyl (C=O) groups excluding carboxylic acids is 1. The van der Waals surface area contributed by atoms with Gasteiger partial charge in [-0.2, -0.15) is 0 Å². The summed E-state index contributed by atoms with van der Waals surface area (Å²) < 4.78 is 0. The van der Waals surface area contributed by atoms with E-state index in [-0.39, 0.29) is 17.6 Å². The number of aliphatic hydroxyl groups excluding tert-OH is 1. The molecule has 1 aliphatic rings. The van der Waals surface area contributed by atoms with Gasteiger partial charge in [0, 0.05) is 12.3 Å². The number of hydrogen-bond donors (Lipinski definition) is 1. The van der Waals surface area contributed by atoms with Gasteiger partial charge in [0.05, 0.1) is 6.10 Å². The van der Waals surface area contributed by atoms with Crippen LogP contribution in [0.15, 0.2) is 0 Å². The molecule has 0 radical (unpaired) electrons. The molecule has 2 heteroatoms. The normalized spacial score (nSPS) is 46.0. The third-order valence-corrected chi connectivity index (χ3v) is 3.14. The van der Waals surface area contributed by atoms with Crippen molar-refractivity contribution in [3.05, 3.63) is 0 Å². The molecule has 64 valence electrons. The number of ketones is 1. The number of Topliss-reactive ketones (excluding diaryl/α,β-unsaturated/α-hetero) is 1. The first kappa shape index (κ1) is 8.72. The number of carbonyl (C=O) groups is 1. The molecule has 0 spiro atoms. The molecule has 11 heavy (non-hydrogen) atoms. The van der Waals surface area contributed by atoms with Gasteiger partial charge in [0.1, 0.15) is 5.78 Å². The van der Waals surface area contributed by atoms with Crippen LogP contribution >= 0.6 is 0 Å². The SMILES string of the molecule is CC1C(=O)CC(O)C(C)C1C. The van der Waals surface area contributed by atoms with E-state index in [1.54, 1.807) is 0 Å². The lowest BCUT2D eigenvalue weighted by atomic mass is 9.72. The molecule has 2 nitrogen and oxygen atoms in total. The monoisotopic (exact) mass is 156 g/mol. The number of aliphatic hydroxyl groups is 1. The Hall–Kier alpha value is -0.370. The van der Waals surface area contributed by atoms with Crippen molar-refractivity contribution < 1.29 is 9.90 Å². The van der Waals surface area contributed by atoms with Crippen LogP contribution in [0.1, 0.15) is 27.2 Å².